The second-order valence-electron chi connectivity index (χ2n) is 6.97. The van der Waals surface area contributed by atoms with Crippen molar-refractivity contribution in [3.63, 3.8) is 0 Å². The van der Waals surface area contributed by atoms with Gasteiger partial charge in [-0.05, 0) is 105 Å². The first-order valence-corrected chi connectivity index (χ1v) is 10.3. The predicted octanol–water partition coefficient (Wildman–Crippen LogP) is 4.32. The van der Waals surface area contributed by atoms with Crippen LogP contribution in [0.25, 0.3) is 0 Å². The molecule has 128 valence electrons. The third-order valence-corrected chi connectivity index (χ3v) is 7.00. The lowest BCUT2D eigenvalue weighted by atomic mass is 9.73. The SMILES string of the molecule is Oc1ccc2c(c1Br)CCC1=CC(Br)=CNC1C2C1CCNCC1. The molecule has 3 nitrogen and oxygen atoms in total. The Labute approximate surface area is 159 Å². The van der Waals surface area contributed by atoms with Crippen molar-refractivity contribution in [2.24, 2.45) is 5.92 Å². The molecule has 3 N–H and O–H groups in total. The number of halogens is 2. The predicted molar refractivity (Wildman–Crippen MR) is 104 cm³/mol. The standard InChI is InChI=1S/C19H22Br2N2O/c20-13-9-12-1-2-15-14(3-4-16(24)18(15)21)17(19(12)23-10-13)11-5-7-22-8-6-11/h3-4,9-11,17,19,22-24H,1-2,5-8H2. The summed E-state index contributed by atoms with van der Waals surface area (Å²) in [5.41, 5.74) is 4.15. The van der Waals surface area contributed by atoms with E-state index in [2.05, 4.69) is 60.8 Å². The van der Waals surface area contributed by atoms with Crippen LogP contribution in [0.2, 0.25) is 0 Å². The molecular formula is C19H22Br2N2O. The van der Waals surface area contributed by atoms with Gasteiger partial charge < -0.3 is 15.7 Å². The van der Waals surface area contributed by atoms with Crippen molar-refractivity contribution in [2.45, 2.75) is 37.6 Å². The maximum Gasteiger partial charge on any atom is 0.130 e. The van der Waals surface area contributed by atoms with Crippen molar-refractivity contribution >= 4 is 31.9 Å². The second kappa shape index (κ2) is 6.85. The lowest BCUT2D eigenvalue weighted by Crippen LogP contribution is -2.41. The molecule has 2 atom stereocenters. The van der Waals surface area contributed by atoms with Crippen LogP contribution in [0.3, 0.4) is 0 Å². The van der Waals surface area contributed by atoms with Crippen molar-refractivity contribution < 1.29 is 5.11 Å². The monoisotopic (exact) mass is 452 g/mol. The van der Waals surface area contributed by atoms with Gasteiger partial charge in [-0.15, -0.1) is 0 Å². The van der Waals surface area contributed by atoms with E-state index in [9.17, 15) is 5.11 Å². The summed E-state index contributed by atoms with van der Waals surface area (Å²) in [7, 11) is 0. The van der Waals surface area contributed by atoms with E-state index in [-0.39, 0.29) is 0 Å². The van der Waals surface area contributed by atoms with Gasteiger partial charge in [0.25, 0.3) is 0 Å². The van der Waals surface area contributed by atoms with Crippen LogP contribution >= 0.6 is 31.9 Å². The summed E-state index contributed by atoms with van der Waals surface area (Å²) < 4.78 is 2.00. The molecule has 5 heteroatoms. The van der Waals surface area contributed by atoms with Gasteiger partial charge in [0.05, 0.1) is 10.5 Å². The fraction of sp³-hybridized carbons (Fsp3) is 0.474. The zero-order chi connectivity index (χ0) is 16.7. The van der Waals surface area contributed by atoms with Crippen LogP contribution in [-0.4, -0.2) is 24.2 Å². The van der Waals surface area contributed by atoms with E-state index in [1.165, 1.54) is 29.5 Å². The van der Waals surface area contributed by atoms with E-state index < -0.39 is 0 Å². The van der Waals surface area contributed by atoms with Gasteiger partial charge in [0, 0.05) is 16.6 Å². The highest BCUT2D eigenvalue weighted by Gasteiger charge is 2.38. The van der Waals surface area contributed by atoms with Crippen molar-refractivity contribution in [2.75, 3.05) is 13.1 Å². The van der Waals surface area contributed by atoms with Crippen LogP contribution in [0.15, 0.2) is 38.9 Å². The number of rotatable bonds is 1. The Bertz CT molecular complexity index is 708. The minimum atomic E-state index is 0.351. The molecule has 0 saturated carbocycles. The minimum absolute atomic E-state index is 0.351. The minimum Gasteiger partial charge on any atom is -0.507 e. The van der Waals surface area contributed by atoms with Gasteiger partial charge in [0.15, 0.2) is 0 Å². The first-order chi connectivity index (χ1) is 11.6. The number of phenols is 1. The Morgan fingerprint density at radius 2 is 1.88 bits per heavy atom. The number of benzene rings is 1. The summed E-state index contributed by atoms with van der Waals surface area (Å²) >= 11 is 7.25. The van der Waals surface area contributed by atoms with Crippen LogP contribution in [0.4, 0.5) is 0 Å². The highest BCUT2D eigenvalue weighted by atomic mass is 79.9. The van der Waals surface area contributed by atoms with Gasteiger partial charge in [0.2, 0.25) is 0 Å². The van der Waals surface area contributed by atoms with E-state index in [0.717, 1.165) is 34.9 Å². The van der Waals surface area contributed by atoms with E-state index >= 15 is 0 Å². The average Bonchev–Trinajstić information content (AvgIpc) is 2.76. The molecule has 4 rings (SSSR count). The van der Waals surface area contributed by atoms with Crippen LogP contribution in [0.5, 0.6) is 5.75 Å². The molecule has 24 heavy (non-hydrogen) atoms. The van der Waals surface area contributed by atoms with Crippen molar-refractivity contribution in [3.8, 4) is 5.75 Å². The molecule has 1 aliphatic carbocycles. The molecule has 1 saturated heterocycles. The summed E-state index contributed by atoms with van der Waals surface area (Å²) in [6, 6.07) is 4.35. The number of fused-ring (bicyclic) bond motifs is 2. The maximum atomic E-state index is 10.2. The highest BCUT2D eigenvalue weighted by Crippen LogP contribution is 2.46. The molecule has 0 spiro atoms. The van der Waals surface area contributed by atoms with E-state index in [4.69, 9.17) is 0 Å². The largest absolute Gasteiger partial charge is 0.507 e. The molecular weight excluding hydrogens is 432 g/mol. The summed E-state index contributed by atoms with van der Waals surface area (Å²) in [5, 5.41) is 17.3. The lowest BCUT2D eigenvalue weighted by molar-refractivity contribution is 0.288. The number of hydrogen-bond donors (Lipinski definition) is 3. The third-order valence-electron chi connectivity index (χ3n) is 5.66. The van der Waals surface area contributed by atoms with Gasteiger partial charge in [-0.2, -0.15) is 0 Å². The second-order valence-corrected chi connectivity index (χ2v) is 8.68. The molecule has 0 aromatic heterocycles. The molecule has 1 aromatic carbocycles. The quantitative estimate of drug-likeness (QED) is 0.593. The number of aromatic hydroxyl groups is 1. The van der Waals surface area contributed by atoms with Crippen molar-refractivity contribution in [1.29, 1.82) is 0 Å². The Morgan fingerprint density at radius 1 is 1.08 bits per heavy atom. The van der Waals surface area contributed by atoms with Gasteiger partial charge in [-0.1, -0.05) is 6.07 Å². The van der Waals surface area contributed by atoms with Crippen LogP contribution < -0.4 is 10.6 Å². The molecule has 2 heterocycles. The number of allylic oxidation sites excluding steroid dienone is 2. The number of piperidine rings is 1. The first-order valence-electron chi connectivity index (χ1n) is 8.68. The molecule has 3 aliphatic rings. The molecule has 0 radical (unpaired) electrons. The maximum absolute atomic E-state index is 10.2. The molecule has 1 aromatic rings. The zero-order valence-electron chi connectivity index (χ0n) is 13.5. The zero-order valence-corrected chi connectivity index (χ0v) is 16.7. The van der Waals surface area contributed by atoms with Gasteiger partial charge in [-0.3, -0.25) is 0 Å². The summed E-state index contributed by atoms with van der Waals surface area (Å²) in [6.07, 6.45) is 8.78. The van der Waals surface area contributed by atoms with Crippen LogP contribution in [-0.2, 0) is 6.42 Å². The fourth-order valence-electron chi connectivity index (χ4n) is 4.52. The van der Waals surface area contributed by atoms with E-state index in [1.54, 1.807) is 0 Å². The van der Waals surface area contributed by atoms with E-state index in [1.807, 2.05) is 6.07 Å². The lowest BCUT2D eigenvalue weighted by Gasteiger charge is -2.38. The smallest absolute Gasteiger partial charge is 0.130 e. The molecule has 0 amide bonds. The number of nitrogens with one attached hydrogen (secondary N) is 2. The number of hydrogen-bond acceptors (Lipinski definition) is 3. The Morgan fingerprint density at radius 3 is 2.67 bits per heavy atom. The van der Waals surface area contributed by atoms with Crippen LogP contribution in [0.1, 0.15) is 36.3 Å². The third kappa shape index (κ3) is 2.95. The number of dihydropyridines is 1. The molecule has 2 aliphatic heterocycles. The van der Waals surface area contributed by atoms with Gasteiger partial charge in [0.1, 0.15) is 5.75 Å². The molecule has 1 fully saturated rings. The number of phenolic OH excluding ortho intramolecular Hbond substituents is 1. The van der Waals surface area contributed by atoms with E-state index in [0.29, 0.717) is 23.6 Å². The normalized spacial score (nSPS) is 27.2. The fourth-order valence-corrected chi connectivity index (χ4v) is 5.50. The molecule has 0 bridgehead atoms. The van der Waals surface area contributed by atoms with Crippen molar-refractivity contribution in [3.05, 3.63) is 50.1 Å². The van der Waals surface area contributed by atoms with Gasteiger partial charge in [-0.25, -0.2) is 0 Å². The Kier molecular flexibility index (Phi) is 4.76. The summed E-state index contributed by atoms with van der Waals surface area (Å²) in [4.78, 5) is 0. The molecule has 2 unspecified atom stereocenters. The Hall–Kier alpha value is -0.780. The summed E-state index contributed by atoms with van der Waals surface area (Å²) in [6.45, 7) is 2.20. The van der Waals surface area contributed by atoms with Crippen LogP contribution in [0, 0.1) is 5.92 Å². The first kappa shape index (κ1) is 16.7. The Balaban J connectivity index is 1.82. The highest BCUT2D eigenvalue weighted by molar-refractivity contribution is 9.12. The summed E-state index contributed by atoms with van der Waals surface area (Å²) in [5.74, 6) is 1.46. The van der Waals surface area contributed by atoms with Gasteiger partial charge >= 0.3 is 0 Å². The average molecular weight is 454 g/mol. The van der Waals surface area contributed by atoms with Crippen molar-refractivity contribution in [1.82, 2.24) is 10.6 Å². The topological polar surface area (TPSA) is 44.3 Å².